The van der Waals surface area contributed by atoms with Gasteiger partial charge in [0.25, 0.3) is 0 Å². The number of carbonyl (C=O) groups excluding carboxylic acids is 2. The highest BCUT2D eigenvalue weighted by Crippen LogP contribution is 2.18. The lowest BCUT2D eigenvalue weighted by Crippen LogP contribution is -2.13. The maximum atomic E-state index is 11.7. The normalized spacial score (nSPS) is 9.76. The first-order valence-electron chi connectivity index (χ1n) is 10.3. The molecule has 0 saturated heterocycles. The molecule has 0 aliphatic heterocycles. The van der Waals surface area contributed by atoms with Gasteiger partial charge in [0.05, 0.1) is 11.4 Å². The molecule has 5 nitrogen and oxygen atoms in total. The predicted molar refractivity (Wildman–Crippen MR) is 137 cm³/mol. The number of hydrogen-bond donors (Lipinski definition) is 2. The molecule has 0 atom stereocenters. The zero-order valence-corrected chi connectivity index (χ0v) is 20.1. The van der Waals surface area contributed by atoms with Crippen LogP contribution >= 0.6 is 23.2 Å². The van der Waals surface area contributed by atoms with E-state index in [4.69, 9.17) is 23.2 Å². The summed E-state index contributed by atoms with van der Waals surface area (Å²) in [4.78, 5) is 27.9. The van der Waals surface area contributed by atoms with Gasteiger partial charge in [-0.1, -0.05) is 30.0 Å². The number of nitrogens with zero attached hydrogens (tertiary/aromatic N) is 1. The molecule has 1 heterocycles. The zero-order valence-electron chi connectivity index (χ0n) is 18.6. The minimum atomic E-state index is -0.304. The summed E-state index contributed by atoms with van der Waals surface area (Å²) in [6, 6.07) is 16.5. The van der Waals surface area contributed by atoms with E-state index >= 15 is 0 Å². The van der Waals surface area contributed by atoms with Gasteiger partial charge in [-0.15, -0.1) is 23.2 Å². The van der Waals surface area contributed by atoms with E-state index in [-0.39, 0.29) is 23.6 Å². The number of carbonyl (C=O) groups is 2. The van der Waals surface area contributed by atoms with Gasteiger partial charge in [0.15, 0.2) is 0 Å². The van der Waals surface area contributed by atoms with Crippen LogP contribution in [-0.2, 0) is 9.59 Å². The van der Waals surface area contributed by atoms with Crippen molar-refractivity contribution in [3.05, 3.63) is 88.2 Å². The van der Waals surface area contributed by atoms with Crippen LogP contribution in [0.3, 0.4) is 0 Å². The number of hydrogen-bond acceptors (Lipinski definition) is 3. The van der Waals surface area contributed by atoms with Crippen LogP contribution in [0.25, 0.3) is 0 Å². The monoisotopic (exact) mass is 489 g/mol. The molecule has 0 fully saturated rings. The number of alkyl halides is 2. The third-order valence-electron chi connectivity index (χ3n) is 4.54. The van der Waals surface area contributed by atoms with Crippen molar-refractivity contribution >= 4 is 46.4 Å². The Morgan fingerprint density at radius 2 is 1.18 bits per heavy atom. The Balaban J connectivity index is 1.89. The van der Waals surface area contributed by atoms with Crippen LogP contribution in [0.15, 0.2) is 54.6 Å². The summed E-state index contributed by atoms with van der Waals surface area (Å²) >= 11 is 11.2. The summed E-state index contributed by atoms with van der Waals surface area (Å²) in [5.74, 6) is 11.3. The second-order valence-electron chi connectivity index (χ2n) is 7.37. The first-order chi connectivity index (χ1) is 16.4. The van der Waals surface area contributed by atoms with Gasteiger partial charge in [0.2, 0.25) is 11.8 Å². The molecular formula is C27H21Cl2N3O2. The Hall–Kier alpha value is -3.77. The van der Waals surface area contributed by atoms with E-state index in [1.165, 1.54) is 0 Å². The van der Waals surface area contributed by atoms with Gasteiger partial charge >= 0.3 is 0 Å². The third-order valence-corrected chi connectivity index (χ3v) is 5.03. The standard InChI is InChI=1S/C27H21Cl2N3O2/c1-18-6-12-24(31-26(33)16-28)20(14-18)8-10-22-4-3-5-23(30-22)11-9-21-15-19(2)7-13-25(21)32-27(34)17-29/h3-7,12-15H,16-17H2,1-2H3,(H,31,33)(H,32,34). The van der Waals surface area contributed by atoms with Crippen molar-refractivity contribution in [3.63, 3.8) is 0 Å². The van der Waals surface area contributed by atoms with Crippen molar-refractivity contribution in [2.24, 2.45) is 0 Å². The van der Waals surface area contributed by atoms with Crippen molar-refractivity contribution in [2.45, 2.75) is 13.8 Å². The SMILES string of the molecule is Cc1ccc(NC(=O)CCl)c(C#Cc2cccc(C#Cc3cc(C)ccc3NC(=O)CCl)n2)c1. The van der Waals surface area contributed by atoms with E-state index in [0.29, 0.717) is 33.9 Å². The first-order valence-corrected chi connectivity index (χ1v) is 11.4. The van der Waals surface area contributed by atoms with Crippen molar-refractivity contribution < 1.29 is 9.59 Å². The van der Waals surface area contributed by atoms with E-state index in [2.05, 4.69) is 39.3 Å². The summed E-state index contributed by atoms with van der Waals surface area (Å²) < 4.78 is 0. The molecule has 0 aliphatic rings. The predicted octanol–water partition coefficient (Wildman–Crippen LogP) is 4.85. The molecular weight excluding hydrogens is 469 g/mol. The Morgan fingerprint density at radius 1 is 0.735 bits per heavy atom. The fraction of sp³-hybridized carbons (Fsp3) is 0.148. The van der Waals surface area contributed by atoms with Gasteiger partial charge in [0, 0.05) is 11.1 Å². The van der Waals surface area contributed by atoms with Crippen molar-refractivity contribution in [3.8, 4) is 23.7 Å². The first kappa shape index (κ1) is 24.9. The lowest BCUT2D eigenvalue weighted by atomic mass is 10.1. The van der Waals surface area contributed by atoms with E-state index in [1.807, 2.05) is 44.2 Å². The molecule has 170 valence electrons. The lowest BCUT2D eigenvalue weighted by molar-refractivity contribution is -0.114. The number of nitrogens with one attached hydrogen (secondary N) is 2. The van der Waals surface area contributed by atoms with Gasteiger partial charge < -0.3 is 10.6 Å². The fourth-order valence-corrected chi connectivity index (χ4v) is 3.08. The number of benzene rings is 2. The van der Waals surface area contributed by atoms with Crippen molar-refractivity contribution in [1.82, 2.24) is 4.98 Å². The topological polar surface area (TPSA) is 71.1 Å². The van der Waals surface area contributed by atoms with Gasteiger partial charge in [-0.2, -0.15) is 0 Å². The zero-order chi connectivity index (χ0) is 24.5. The largest absolute Gasteiger partial charge is 0.324 e. The molecule has 2 aromatic carbocycles. The number of aryl methyl sites for hydroxylation is 2. The van der Waals surface area contributed by atoms with Crippen LogP contribution < -0.4 is 10.6 Å². The number of anilines is 2. The number of aromatic nitrogens is 1. The molecule has 0 unspecified atom stereocenters. The second kappa shape index (κ2) is 11.9. The maximum Gasteiger partial charge on any atom is 0.239 e. The molecule has 0 bridgehead atoms. The number of rotatable bonds is 4. The Kier molecular flexibility index (Phi) is 8.71. The number of pyridine rings is 1. The lowest BCUT2D eigenvalue weighted by Gasteiger charge is -2.07. The van der Waals surface area contributed by atoms with Gasteiger partial charge in [-0.3, -0.25) is 9.59 Å². The molecule has 34 heavy (non-hydrogen) atoms. The average molecular weight is 490 g/mol. The van der Waals surface area contributed by atoms with Crippen LogP contribution in [0.5, 0.6) is 0 Å². The smallest absolute Gasteiger partial charge is 0.239 e. The highest BCUT2D eigenvalue weighted by Gasteiger charge is 2.06. The minimum absolute atomic E-state index is 0.138. The van der Waals surface area contributed by atoms with Gasteiger partial charge in [0.1, 0.15) is 23.1 Å². The molecule has 0 spiro atoms. The summed E-state index contributed by atoms with van der Waals surface area (Å²) in [5, 5.41) is 5.49. The van der Waals surface area contributed by atoms with Crippen LogP contribution in [-0.4, -0.2) is 28.6 Å². The Bertz CT molecular complexity index is 1260. The third kappa shape index (κ3) is 7.12. The molecule has 7 heteroatoms. The molecule has 3 aromatic rings. The van der Waals surface area contributed by atoms with E-state index in [0.717, 1.165) is 11.1 Å². The summed E-state index contributed by atoms with van der Waals surface area (Å²) in [6.45, 7) is 3.89. The van der Waals surface area contributed by atoms with Gasteiger partial charge in [-0.25, -0.2) is 4.98 Å². The summed E-state index contributed by atoms with van der Waals surface area (Å²) in [7, 11) is 0. The van der Waals surface area contributed by atoms with Crippen LogP contribution in [0, 0.1) is 37.5 Å². The molecule has 0 radical (unpaired) electrons. The second-order valence-corrected chi connectivity index (χ2v) is 7.90. The molecule has 1 aromatic heterocycles. The van der Waals surface area contributed by atoms with Crippen molar-refractivity contribution in [1.29, 1.82) is 0 Å². The molecule has 2 amide bonds. The minimum Gasteiger partial charge on any atom is -0.324 e. The Labute approximate surface area is 208 Å². The van der Waals surface area contributed by atoms with Crippen LogP contribution in [0.1, 0.15) is 33.6 Å². The van der Waals surface area contributed by atoms with E-state index in [1.54, 1.807) is 24.3 Å². The molecule has 2 N–H and O–H groups in total. The Morgan fingerprint density at radius 3 is 1.59 bits per heavy atom. The van der Waals surface area contributed by atoms with Gasteiger partial charge in [-0.05, 0) is 73.2 Å². The van der Waals surface area contributed by atoms with E-state index < -0.39 is 0 Å². The number of amides is 2. The van der Waals surface area contributed by atoms with E-state index in [9.17, 15) is 9.59 Å². The summed E-state index contributed by atoms with van der Waals surface area (Å²) in [6.07, 6.45) is 0. The average Bonchev–Trinajstić information content (AvgIpc) is 2.84. The number of halogens is 2. The van der Waals surface area contributed by atoms with Crippen molar-refractivity contribution in [2.75, 3.05) is 22.4 Å². The van der Waals surface area contributed by atoms with Crippen LogP contribution in [0.4, 0.5) is 11.4 Å². The highest BCUT2D eigenvalue weighted by molar-refractivity contribution is 6.29. The molecule has 3 rings (SSSR count). The summed E-state index contributed by atoms with van der Waals surface area (Å²) in [5.41, 5.74) is 5.58. The quantitative estimate of drug-likeness (QED) is 0.406. The fourth-order valence-electron chi connectivity index (χ4n) is 2.94. The molecule has 0 aliphatic carbocycles. The highest BCUT2D eigenvalue weighted by atomic mass is 35.5. The maximum absolute atomic E-state index is 11.7. The van der Waals surface area contributed by atoms with Crippen LogP contribution in [0.2, 0.25) is 0 Å². The molecule has 0 saturated carbocycles.